The molecule has 0 radical (unpaired) electrons. The maximum absolute atomic E-state index is 13.4. The van der Waals surface area contributed by atoms with Crippen molar-refractivity contribution in [2.45, 2.75) is 18.0 Å². The van der Waals surface area contributed by atoms with Gasteiger partial charge in [0.15, 0.2) is 0 Å². The van der Waals surface area contributed by atoms with Gasteiger partial charge in [-0.25, -0.2) is 8.42 Å². The van der Waals surface area contributed by atoms with Gasteiger partial charge in [0.1, 0.15) is 5.75 Å². The lowest BCUT2D eigenvalue weighted by molar-refractivity contribution is -0.121. The Bertz CT molecular complexity index is 1240. The molecule has 0 bridgehead atoms. The van der Waals surface area contributed by atoms with Gasteiger partial charge in [0.05, 0.1) is 23.6 Å². The Hall–Kier alpha value is -2.29. The third-order valence-corrected chi connectivity index (χ3v) is 7.44. The lowest BCUT2D eigenvalue weighted by Crippen LogP contribution is -2.40. The maximum Gasteiger partial charge on any atom is 0.243 e. The molecule has 0 aliphatic rings. The molecule has 174 valence electrons. The number of nitrogens with one attached hydrogen (secondary N) is 1. The molecule has 0 saturated heterocycles. The number of hydrogen-bond acceptors (Lipinski definition) is 4. The number of methoxy groups -OCH3 is 1. The van der Waals surface area contributed by atoms with E-state index in [4.69, 9.17) is 39.5 Å². The number of sulfonamides is 1. The predicted molar refractivity (Wildman–Crippen MR) is 130 cm³/mol. The molecule has 10 heteroatoms. The molecule has 1 N–H and O–H groups in total. The smallest absolute Gasteiger partial charge is 0.243 e. The van der Waals surface area contributed by atoms with Crippen LogP contribution in [0.4, 0.5) is 0 Å². The van der Waals surface area contributed by atoms with Crippen LogP contribution in [0.25, 0.3) is 0 Å². The van der Waals surface area contributed by atoms with E-state index in [-0.39, 0.29) is 23.0 Å². The first-order chi connectivity index (χ1) is 15.7. The Labute approximate surface area is 208 Å². The first kappa shape index (κ1) is 25.3. The van der Waals surface area contributed by atoms with Gasteiger partial charge in [-0.1, -0.05) is 71.2 Å². The standard InChI is InChI=1S/C23H21Cl3N2O4S/c1-32-22-10-9-19(12-21(22)26)33(30,31)28(14-16-5-3-2-4-6-16)15-23(29)27-13-17-7-8-18(24)11-20(17)25/h2-12H,13-15H2,1H3,(H,27,29). The molecule has 0 saturated carbocycles. The third-order valence-electron chi connectivity index (χ3n) is 4.77. The summed E-state index contributed by atoms with van der Waals surface area (Å²) in [7, 11) is -2.61. The van der Waals surface area contributed by atoms with E-state index in [9.17, 15) is 13.2 Å². The van der Waals surface area contributed by atoms with E-state index < -0.39 is 22.5 Å². The van der Waals surface area contributed by atoms with E-state index in [1.165, 1.54) is 25.3 Å². The van der Waals surface area contributed by atoms with Crippen molar-refractivity contribution in [3.63, 3.8) is 0 Å². The van der Waals surface area contributed by atoms with Crippen LogP contribution in [-0.4, -0.2) is 32.3 Å². The zero-order valence-corrected chi connectivity index (χ0v) is 20.7. The lowest BCUT2D eigenvalue weighted by atomic mass is 10.2. The zero-order valence-electron chi connectivity index (χ0n) is 17.6. The fourth-order valence-electron chi connectivity index (χ4n) is 3.04. The van der Waals surface area contributed by atoms with E-state index in [0.717, 1.165) is 9.87 Å². The van der Waals surface area contributed by atoms with Crippen LogP contribution in [0, 0.1) is 0 Å². The Kier molecular flexibility index (Phi) is 8.62. The molecule has 0 aromatic heterocycles. The number of rotatable bonds is 9. The highest BCUT2D eigenvalue weighted by Crippen LogP contribution is 2.29. The number of halogens is 3. The van der Waals surface area contributed by atoms with Crippen LogP contribution in [-0.2, 0) is 27.9 Å². The fraction of sp³-hybridized carbons (Fsp3) is 0.174. The normalized spacial score (nSPS) is 11.4. The van der Waals surface area contributed by atoms with Crippen LogP contribution in [0.2, 0.25) is 15.1 Å². The summed E-state index contributed by atoms with van der Waals surface area (Å²) in [5.74, 6) is -0.136. The van der Waals surface area contributed by atoms with Gasteiger partial charge >= 0.3 is 0 Å². The van der Waals surface area contributed by atoms with Crippen molar-refractivity contribution in [2.75, 3.05) is 13.7 Å². The number of benzene rings is 3. The molecule has 1 amide bonds. The highest BCUT2D eigenvalue weighted by atomic mass is 35.5. The molecule has 0 unspecified atom stereocenters. The number of carbonyl (C=O) groups excluding carboxylic acids is 1. The number of hydrogen-bond donors (Lipinski definition) is 1. The van der Waals surface area contributed by atoms with Gasteiger partial charge in [0, 0.05) is 23.1 Å². The van der Waals surface area contributed by atoms with Crippen molar-refractivity contribution in [3.05, 3.63) is 92.9 Å². The van der Waals surface area contributed by atoms with Gasteiger partial charge in [-0.2, -0.15) is 4.31 Å². The molecule has 0 aliphatic heterocycles. The number of ether oxygens (including phenoxy) is 1. The Morgan fingerprint density at radius 3 is 2.33 bits per heavy atom. The summed E-state index contributed by atoms with van der Waals surface area (Å²) in [6.07, 6.45) is 0. The van der Waals surface area contributed by atoms with Crippen molar-refractivity contribution in [3.8, 4) is 5.75 Å². The first-order valence-electron chi connectivity index (χ1n) is 9.79. The molecule has 6 nitrogen and oxygen atoms in total. The molecule has 0 heterocycles. The van der Waals surface area contributed by atoms with Crippen molar-refractivity contribution in [1.29, 1.82) is 0 Å². The van der Waals surface area contributed by atoms with Crippen LogP contribution in [0.5, 0.6) is 5.75 Å². The van der Waals surface area contributed by atoms with Gasteiger partial charge in [-0.15, -0.1) is 0 Å². The van der Waals surface area contributed by atoms with Crippen LogP contribution in [0.15, 0.2) is 71.6 Å². The van der Waals surface area contributed by atoms with E-state index in [1.54, 1.807) is 42.5 Å². The monoisotopic (exact) mass is 526 g/mol. The minimum atomic E-state index is -4.05. The molecule has 3 aromatic carbocycles. The zero-order chi connectivity index (χ0) is 24.0. The van der Waals surface area contributed by atoms with Gasteiger partial charge in [-0.05, 0) is 41.5 Å². The molecule has 0 spiro atoms. The number of carbonyl (C=O) groups is 1. The van der Waals surface area contributed by atoms with E-state index in [1.807, 2.05) is 6.07 Å². The maximum atomic E-state index is 13.4. The predicted octanol–water partition coefficient (Wildman–Crippen LogP) is 5.16. The van der Waals surface area contributed by atoms with Crippen LogP contribution in [0.1, 0.15) is 11.1 Å². The minimum absolute atomic E-state index is 0.00193. The van der Waals surface area contributed by atoms with Crippen LogP contribution in [0.3, 0.4) is 0 Å². The van der Waals surface area contributed by atoms with Gasteiger partial charge in [0.25, 0.3) is 0 Å². The molecule has 3 aromatic rings. The average molecular weight is 528 g/mol. The Balaban J connectivity index is 1.83. The van der Waals surface area contributed by atoms with Crippen molar-refractivity contribution < 1.29 is 17.9 Å². The van der Waals surface area contributed by atoms with Crippen LogP contribution < -0.4 is 10.1 Å². The molecule has 0 atom stereocenters. The average Bonchev–Trinajstić information content (AvgIpc) is 2.78. The Morgan fingerprint density at radius 1 is 0.970 bits per heavy atom. The highest BCUT2D eigenvalue weighted by molar-refractivity contribution is 7.89. The van der Waals surface area contributed by atoms with Crippen LogP contribution >= 0.6 is 34.8 Å². The topological polar surface area (TPSA) is 75.7 Å². The second-order valence-electron chi connectivity index (χ2n) is 7.07. The third kappa shape index (κ3) is 6.62. The van der Waals surface area contributed by atoms with Crippen molar-refractivity contribution in [1.82, 2.24) is 9.62 Å². The summed E-state index contributed by atoms with van der Waals surface area (Å²) in [5.41, 5.74) is 1.39. The van der Waals surface area contributed by atoms with Crippen molar-refractivity contribution >= 4 is 50.7 Å². The van der Waals surface area contributed by atoms with Gasteiger partial charge in [0.2, 0.25) is 15.9 Å². The number of amides is 1. The molecule has 0 fully saturated rings. The first-order valence-corrected chi connectivity index (χ1v) is 12.4. The van der Waals surface area contributed by atoms with E-state index in [2.05, 4.69) is 5.32 Å². The van der Waals surface area contributed by atoms with E-state index in [0.29, 0.717) is 21.4 Å². The summed E-state index contributed by atoms with van der Waals surface area (Å²) in [5, 5.41) is 3.75. The molecular formula is C23H21Cl3N2O4S. The molecule has 0 aliphatic carbocycles. The fourth-order valence-corrected chi connectivity index (χ4v) is 5.25. The van der Waals surface area contributed by atoms with E-state index >= 15 is 0 Å². The second kappa shape index (κ2) is 11.2. The highest BCUT2D eigenvalue weighted by Gasteiger charge is 2.27. The lowest BCUT2D eigenvalue weighted by Gasteiger charge is -2.22. The van der Waals surface area contributed by atoms with Gasteiger partial charge < -0.3 is 10.1 Å². The molecular weight excluding hydrogens is 507 g/mol. The van der Waals surface area contributed by atoms with Crippen molar-refractivity contribution in [2.24, 2.45) is 0 Å². The summed E-state index contributed by atoms with van der Waals surface area (Å²) in [6, 6.07) is 18.1. The van der Waals surface area contributed by atoms with Gasteiger partial charge in [-0.3, -0.25) is 4.79 Å². The second-order valence-corrected chi connectivity index (χ2v) is 10.3. The molecule has 33 heavy (non-hydrogen) atoms. The summed E-state index contributed by atoms with van der Waals surface area (Å²) < 4.78 is 33.0. The summed E-state index contributed by atoms with van der Waals surface area (Å²) >= 11 is 18.2. The minimum Gasteiger partial charge on any atom is -0.495 e. The largest absolute Gasteiger partial charge is 0.495 e. The summed E-state index contributed by atoms with van der Waals surface area (Å²) in [4.78, 5) is 12.7. The quantitative estimate of drug-likeness (QED) is 0.417. The number of nitrogens with zero attached hydrogens (tertiary/aromatic N) is 1. The SMILES string of the molecule is COc1ccc(S(=O)(=O)N(CC(=O)NCc2ccc(Cl)cc2Cl)Cc2ccccc2)cc1Cl. The molecule has 3 rings (SSSR count). The summed E-state index contributed by atoms with van der Waals surface area (Å²) in [6.45, 7) is -0.267. The Morgan fingerprint density at radius 2 is 1.70 bits per heavy atom.